The first-order valence-corrected chi connectivity index (χ1v) is 10.1. The molecule has 9 heteroatoms. The molecule has 0 atom stereocenters. The van der Waals surface area contributed by atoms with Crippen molar-refractivity contribution in [2.75, 3.05) is 16.2 Å². The summed E-state index contributed by atoms with van der Waals surface area (Å²) in [6.45, 7) is 4.00. The van der Waals surface area contributed by atoms with E-state index in [2.05, 4.69) is 26.1 Å². The molecule has 3 rings (SSSR count). The van der Waals surface area contributed by atoms with E-state index in [-0.39, 0.29) is 10.9 Å². The molecule has 28 heavy (non-hydrogen) atoms. The fourth-order valence-electron chi connectivity index (χ4n) is 2.44. The summed E-state index contributed by atoms with van der Waals surface area (Å²) >= 11 is 0. The van der Waals surface area contributed by atoms with Crippen LogP contribution in [0.1, 0.15) is 13.8 Å². The number of hydrazine groups is 1. The van der Waals surface area contributed by atoms with E-state index in [4.69, 9.17) is 4.55 Å². The van der Waals surface area contributed by atoms with Crippen molar-refractivity contribution < 1.29 is 13.0 Å². The van der Waals surface area contributed by atoms with Crippen LogP contribution in [0.15, 0.2) is 65.6 Å². The molecule has 0 aliphatic rings. The van der Waals surface area contributed by atoms with Gasteiger partial charge in [-0.2, -0.15) is 13.4 Å². The molecule has 0 radical (unpaired) electrons. The summed E-state index contributed by atoms with van der Waals surface area (Å²) in [5.41, 5.74) is 8.26. The third-order valence-electron chi connectivity index (χ3n) is 3.70. The molecule has 1 heterocycles. The number of rotatable bonds is 7. The Balaban J connectivity index is 1.82. The number of nitrogens with one attached hydrogen (secondary N) is 3. The van der Waals surface area contributed by atoms with Gasteiger partial charge in [0, 0.05) is 17.7 Å². The molecule has 0 fully saturated rings. The van der Waals surface area contributed by atoms with Gasteiger partial charge < -0.3 is 5.32 Å². The molecule has 146 valence electrons. The minimum atomic E-state index is -4.22. The van der Waals surface area contributed by atoms with Gasteiger partial charge in [0.1, 0.15) is 0 Å². The van der Waals surface area contributed by atoms with Crippen LogP contribution in [0, 0.1) is 0 Å². The summed E-state index contributed by atoms with van der Waals surface area (Å²) in [5, 5.41) is 3.19. The molecule has 0 spiro atoms. The van der Waals surface area contributed by atoms with Crippen LogP contribution >= 0.6 is 0 Å². The number of nitrogens with zero attached hydrogens (tertiary/aromatic N) is 2. The van der Waals surface area contributed by atoms with Crippen molar-refractivity contribution in [2.45, 2.75) is 24.8 Å². The largest absolute Gasteiger partial charge is 0.352 e. The Kier molecular flexibility index (Phi) is 5.76. The molecule has 1 aromatic heterocycles. The van der Waals surface area contributed by atoms with Crippen molar-refractivity contribution in [1.29, 1.82) is 0 Å². The first kappa shape index (κ1) is 19.6. The van der Waals surface area contributed by atoms with Crippen LogP contribution in [0.2, 0.25) is 0 Å². The van der Waals surface area contributed by atoms with E-state index in [1.54, 1.807) is 6.07 Å². The van der Waals surface area contributed by atoms with Gasteiger partial charge in [0.25, 0.3) is 10.1 Å². The lowest BCUT2D eigenvalue weighted by Gasteiger charge is -2.14. The molecular formula is C19H21N5O3S. The zero-order chi connectivity index (χ0) is 20.1. The summed E-state index contributed by atoms with van der Waals surface area (Å²) in [6.07, 6.45) is 0. The highest BCUT2D eigenvalue weighted by atomic mass is 32.2. The van der Waals surface area contributed by atoms with Gasteiger partial charge in [-0.3, -0.25) is 15.4 Å². The van der Waals surface area contributed by atoms with Crippen molar-refractivity contribution in [2.24, 2.45) is 0 Å². The first-order valence-electron chi connectivity index (χ1n) is 8.62. The molecular weight excluding hydrogens is 378 g/mol. The van der Waals surface area contributed by atoms with Gasteiger partial charge in [-0.15, -0.1) is 0 Å². The molecule has 4 N–H and O–H groups in total. The number of benzene rings is 2. The molecule has 0 aliphatic carbocycles. The summed E-state index contributed by atoms with van der Waals surface area (Å²) < 4.78 is 31.3. The minimum absolute atomic E-state index is 0.166. The van der Waals surface area contributed by atoms with Crippen molar-refractivity contribution >= 4 is 27.6 Å². The van der Waals surface area contributed by atoms with E-state index >= 15 is 0 Å². The zero-order valence-electron chi connectivity index (χ0n) is 15.4. The van der Waals surface area contributed by atoms with Crippen molar-refractivity contribution in [3.8, 4) is 11.3 Å². The average molecular weight is 399 g/mol. The Morgan fingerprint density at radius 3 is 2.21 bits per heavy atom. The predicted octanol–water partition coefficient (Wildman–Crippen LogP) is 3.65. The van der Waals surface area contributed by atoms with Crippen LogP contribution < -0.4 is 16.2 Å². The van der Waals surface area contributed by atoms with Crippen molar-refractivity contribution in [3.63, 3.8) is 0 Å². The molecule has 3 aromatic rings. The lowest BCUT2D eigenvalue weighted by Crippen LogP contribution is -2.16. The minimum Gasteiger partial charge on any atom is -0.352 e. The molecule has 0 aliphatic heterocycles. The summed E-state index contributed by atoms with van der Waals surface area (Å²) in [7, 11) is -4.22. The topological polar surface area (TPSA) is 116 Å². The second-order valence-corrected chi connectivity index (χ2v) is 7.80. The van der Waals surface area contributed by atoms with Gasteiger partial charge in [-0.25, -0.2) is 4.98 Å². The Bertz CT molecular complexity index is 1040. The first-order chi connectivity index (χ1) is 13.3. The van der Waals surface area contributed by atoms with Gasteiger partial charge in [0.05, 0.1) is 16.3 Å². The highest BCUT2D eigenvalue weighted by molar-refractivity contribution is 7.85. The van der Waals surface area contributed by atoms with E-state index in [9.17, 15) is 8.42 Å². The Morgan fingerprint density at radius 2 is 1.61 bits per heavy atom. The van der Waals surface area contributed by atoms with Crippen molar-refractivity contribution in [1.82, 2.24) is 9.97 Å². The fraction of sp³-hybridized carbons (Fsp3) is 0.158. The Morgan fingerprint density at radius 1 is 0.929 bits per heavy atom. The summed E-state index contributed by atoms with van der Waals surface area (Å²) in [6, 6.07) is 17.4. The maximum absolute atomic E-state index is 11.1. The van der Waals surface area contributed by atoms with Gasteiger partial charge in [0.15, 0.2) is 5.82 Å². The molecule has 2 aromatic carbocycles. The Labute approximate surface area is 163 Å². The van der Waals surface area contributed by atoms with E-state index in [0.717, 1.165) is 11.3 Å². The number of anilines is 3. The second kappa shape index (κ2) is 8.24. The molecule has 0 unspecified atom stereocenters. The van der Waals surface area contributed by atoms with Crippen LogP contribution in [0.3, 0.4) is 0 Å². The number of aromatic nitrogens is 2. The third-order valence-corrected chi connectivity index (χ3v) is 4.57. The second-order valence-electron chi connectivity index (χ2n) is 6.38. The van der Waals surface area contributed by atoms with Crippen LogP contribution in [0.4, 0.5) is 17.5 Å². The highest BCUT2D eigenvalue weighted by Gasteiger charge is 2.10. The number of hydrogen-bond acceptors (Lipinski definition) is 7. The molecule has 0 saturated heterocycles. The van der Waals surface area contributed by atoms with Crippen LogP contribution in [-0.4, -0.2) is 29.0 Å². The van der Waals surface area contributed by atoms with E-state index in [1.165, 1.54) is 24.3 Å². The van der Waals surface area contributed by atoms with Gasteiger partial charge in [-0.05, 0) is 38.1 Å². The van der Waals surface area contributed by atoms with Crippen LogP contribution in [-0.2, 0) is 10.1 Å². The maximum Gasteiger partial charge on any atom is 0.294 e. The standard InChI is InChI=1S/C19H21N5O3S/c1-13(2)20-19-21-17(14-6-4-3-5-7-14)12-18(22-19)24-23-15-8-10-16(11-9-15)28(25,26)27/h3-13,23H,1-2H3,(H,25,26,27)(H2,20,21,22,24). The monoisotopic (exact) mass is 399 g/mol. The predicted molar refractivity (Wildman–Crippen MR) is 110 cm³/mol. The maximum atomic E-state index is 11.1. The van der Waals surface area contributed by atoms with E-state index in [1.807, 2.05) is 44.2 Å². The quantitative estimate of drug-likeness (QED) is 0.351. The zero-order valence-corrected chi connectivity index (χ0v) is 16.2. The van der Waals surface area contributed by atoms with E-state index < -0.39 is 10.1 Å². The SMILES string of the molecule is CC(C)Nc1nc(NNc2ccc(S(=O)(=O)O)cc2)cc(-c2ccccc2)n1. The average Bonchev–Trinajstić information content (AvgIpc) is 2.66. The van der Waals surface area contributed by atoms with Gasteiger partial charge >= 0.3 is 0 Å². The van der Waals surface area contributed by atoms with Crippen molar-refractivity contribution in [3.05, 3.63) is 60.7 Å². The smallest absolute Gasteiger partial charge is 0.294 e. The van der Waals surface area contributed by atoms with Gasteiger partial charge in [0.2, 0.25) is 5.95 Å². The molecule has 0 amide bonds. The fourth-order valence-corrected chi connectivity index (χ4v) is 2.92. The highest BCUT2D eigenvalue weighted by Crippen LogP contribution is 2.22. The van der Waals surface area contributed by atoms with Gasteiger partial charge in [-0.1, -0.05) is 30.3 Å². The normalized spacial score (nSPS) is 11.3. The molecule has 0 saturated carbocycles. The third kappa shape index (κ3) is 5.18. The molecule has 0 bridgehead atoms. The van der Waals surface area contributed by atoms with E-state index in [0.29, 0.717) is 17.5 Å². The number of hydrogen-bond donors (Lipinski definition) is 4. The summed E-state index contributed by atoms with van der Waals surface area (Å²) in [5.74, 6) is 1.03. The Hall–Kier alpha value is -3.17. The molecule has 8 nitrogen and oxygen atoms in total. The van der Waals surface area contributed by atoms with Crippen LogP contribution in [0.25, 0.3) is 11.3 Å². The summed E-state index contributed by atoms with van der Waals surface area (Å²) in [4.78, 5) is 8.82. The lowest BCUT2D eigenvalue weighted by atomic mass is 10.1. The lowest BCUT2D eigenvalue weighted by molar-refractivity contribution is 0.483. The van der Waals surface area contributed by atoms with Crippen LogP contribution in [0.5, 0.6) is 0 Å².